The third-order valence-electron chi connectivity index (χ3n) is 4.05. The SMILES string of the molecule is CN=C(NCCc1ccc2ccccc2c1)NC(C)CCS(C)(=O)=O. The Balaban J connectivity index is 1.81. The maximum absolute atomic E-state index is 11.2. The molecule has 0 bridgehead atoms. The second-order valence-electron chi connectivity index (χ2n) is 6.39. The van der Waals surface area contributed by atoms with Gasteiger partial charge in [-0.15, -0.1) is 0 Å². The van der Waals surface area contributed by atoms with E-state index in [0.717, 1.165) is 13.0 Å². The van der Waals surface area contributed by atoms with E-state index in [1.807, 2.05) is 19.1 Å². The molecule has 1 unspecified atom stereocenters. The second-order valence-corrected chi connectivity index (χ2v) is 8.65. The Hall–Kier alpha value is -2.08. The third kappa shape index (κ3) is 6.74. The van der Waals surface area contributed by atoms with Gasteiger partial charge in [-0.2, -0.15) is 0 Å². The summed E-state index contributed by atoms with van der Waals surface area (Å²) in [5, 5.41) is 9.01. The number of nitrogens with one attached hydrogen (secondary N) is 2. The number of guanidine groups is 1. The molecule has 2 N–H and O–H groups in total. The number of rotatable bonds is 7. The molecule has 0 saturated heterocycles. The van der Waals surface area contributed by atoms with Crippen molar-refractivity contribution in [2.75, 3.05) is 25.6 Å². The van der Waals surface area contributed by atoms with Crippen molar-refractivity contribution in [2.45, 2.75) is 25.8 Å². The quantitative estimate of drug-likeness (QED) is 0.587. The van der Waals surface area contributed by atoms with Crippen LogP contribution < -0.4 is 10.6 Å². The molecule has 2 rings (SSSR count). The molecule has 0 amide bonds. The van der Waals surface area contributed by atoms with Crippen LogP contribution in [-0.2, 0) is 16.3 Å². The molecular weight excluding hydrogens is 334 g/mol. The topological polar surface area (TPSA) is 70.6 Å². The number of sulfone groups is 1. The minimum absolute atomic E-state index is 0.0431. The van der Waals surface area contributed by atoms with E-state index in [1.165, 1.54) is 22.6 Å². The average molecular weight is 362 g/mol. The Labute approximate surface area is 150 Å². The molecule has 136 valence electrons. The van der Waals surface area contributed by atoms with Gasteiger partial charge in [0, 0.05) is 25.9 Å². The minimum atomic E-state index is -2.93. The Kier molecular flexibility index (Phi) is 6.82. The summed E-state index contributed by atoms with van der Waals surface area (Å²) in [6, 6.07) is 14.9. The summed E-state index contributed by atoms with van der Waals surface area (Å²) in [6.07, 6.45) is 2.71. The first kappa shape index (κ1) is 19.2. The van der Waals surface area contributed by atoms with Crippen LogP contribution in [0.15, 0.2) is 47.5 Å². The molecule has 0 radical (unpaired) electrons. The van der Waals surface area contributed by atoms with Crippen LogP contribution in [0.1, 0.15) is 18.9 Å². The maximum Gasteiger partial charge on any atom is 0.191 e. The monoisotopic (exact) mass is 361 g/mol. The Morgan fingerprint density at radius 1 is 1.16 bits per heavy atom. The fourth-order valence-corrected chi connectivity index (χ4v) is 3.39. The highest BCUT2D eigenvalue weighted by atomic mass is 32.2. The largest absolute Gasteiger partial charge is 0.356 e. The van der Waals surface area contributed by atoms with E-state index >= 15 is 0 Å². The molecular formula is C19H27N3O2S. The molecule has 5 nitrogen and oxygen atoms in total. The second kappa shape index (κ2) is 8.85. The van der Waals surface area contributed by atoms with E-state index in [4.69, 9.17) is 0 Å². The lowest BCUT2D eigenvalue weighted by molar-refractivity contribution is 0.581. The first-order valence-corrected chi connectivity index (χ1v) is 10.6. The van der Waals surface area contributed by atoms with Crippen LogP contribution in [0.4, 0.5) is 0 Å². The number of nitrogens with zero attached hydrogens (tertiary/aromatic N) is 1. The predicted octanol–water partition coefficient (Wildman–Crippen LogP) is 2.37. The van der Waals surface area contributed by atoms with Gasteiger partial charge in [-0.05, 0) is 36.1 Å². The molecule has 2 aromatic carbocycles. The summed E-state index contributed by atoms with van der Waals surface area (Å²) in [6.45, 7) is 2.72. The maximum atomic E-state index is 11.2. The van der Waals surface area contributed by atoms with E-state index < -0.39 is 9.84 Å². The van der Waals surface area contributed by atoms with Gasteiger partial charge in [0.15, 0.2) is 5.96 Å². The highest BCUT2D eigenvalue weighted by molar-refractivity contribution is 7.90. The molecule has 0 saturated carbocycles. The van der Waals surface area contributed by atoms with Gasteiger partial charge in [0.05, 0.1) is 5.75 Å². The van der Waals surface area contributed by atoms with Crippen LogP contribution in [0.25, 0.3) is 10.8 Å². The Bertz CT molecular complexity index is 831. The fourth-order valence-electron chi connectivity index (χ4n) is 2.61. The zero-order valence-corrected chi connectivity index (χ0v) is 15.9. The van der Waals surface area contributed by atoms with Gasteiger partial charge in [-0.3, -0.25) is 4.99 Å². The van der Waals surface area contributed by atoms with Crippen molar-refractivity contribution in [3.05, 3.63) is 48.0 Å². The molecule has 0 spiro atoms. The normalized spacial score (nSPS) is 13.6. The van der Waals surface area contributed by atoms with Crippen molar-refractivity contribution < 1.29 is 8.42 Å². The molecule has 0 aliphatic carbocycles. The molecule has 2 aromatic rings. The van der Waals surface area contributed by atoms with Crippen LogP contribution in [-0.4, -0.2) is 46.0 Å². The molecule has 0 aromatic heterocycles. The number of hydrogen-bond acceptors (Lipinski definition) is 3. The molecule has 0 fully saturated rings. The van der Waals surface area contributed by atoms with Gasteiger partial charge in [-0.1, -0.05) is 42.5 Å². The fraction of sp³-hybridized carbons (Fsp3) is 0.421. The first-order valence-electron chi connectivity index (χ1n) is 8.50. The van der Waals surface area contributed by atoms with Crippen LogP contribution in [0, 0.1) is 0 Å². The predicted molar refractivity (Wildman–Crippen MR) is 106 cm³/mol. The standard InChI is InChI=1S/C19H27N3O2S/c1-15(11-13-25(3,23)24)22-19(20-2)21-12-10-16-8-9-17-6-4-5-7-18(17)14-16/h4-9,14-15H,10-13H2,1-3H3,(H2,20,21,22). The summed E-state index contributed by atoms with van der Waals surface area (Å²) >= 11 is 0. The molecule has 0 aliphatic heterocycles. The van der Waals surface area contributed by atoms with Crippen LogP contribution >= 0.6 is 0 Å². The number of fused-ring (bicyclic) bond motifs is 1. The lowest BCUT2D eigenvalue weighted by atomic mass is 10.1. The number of aliphatic imine (C=N–C) groups is 1. The van der Waals surface area contributed by atoms with Gasteiger partial charge in [-0.25, -0.2) is 8.42 Å². The van der Waals surface area contributed by atoms with Crippen molar-refractivity contribution in [3.63, 3.8) is 0 Å². The van der Waals surface area contributed by atoms with Crippen molar-refractivity contribution >= 4 is 26.6 Å². The van der Waals surface area contributed by atoms with Crippen LogP contribution in [0.5, 0.6) is 0 Å². The molecule has 0 aliphatic rings. The lowest BCUT2D eigenvalue weighted by Crippen LogP contribution is -2.43. The summed E-state index contributed by atoms with van der Waals surface area (Å²) in [4.78, 5) is 4.20. The van der Waals surface area contributed by atoms with Crippen molar-refractivity contribution in [1.29, 1.82) is 0 Å². The van der Waals surface area contributed by atoms with Crippen molar-refractivity contribution in [3.8, 4) is 0 Å². The van der Waals surface area contributed by atoms with E-state index in [-0.39, 0.29) is 11.8 Å². The van der Waals surface area contributed by atoms with E-state index in [0.29, 0.717) is 12.4 Å². The zero-order valence-electron chi connectivity index (χ0n) is 15.1. The van der Waals surface area contributed by atoms with Crippen LogP contribution in [0.3, 0.4) is 0 Å². The summed E-state index contributed by atoms with van der Waals surface area (Å²) in [5.41, 5.74) is 1.27. The van der Waals surface area contributed by atoms with E-state index in [2.05, 4.69) is 46.0 Å². The first-order chi connectivity index (χ1) is 11.9. The summed E-state index contributed by atoms with van der Waals surface area (Å²) in [5.74, 6) is 0.872. The highest BCUT2D eigenvalue weighted by Gasteiger charge is 2.09. The van der Waals surface area contributed by atoms with E-state index in [1.54, 1.807) is 7.05 Å². The lowest BCUT2D eigenvalue weighted by Gasteiger charge is -2.17. The van der Waals surface area contributed by atoms with Gasteiger partial charge < -0.3 is 10.6 Å². The highest BCUT2D eigenvalue weighted by Crippen LogP contribution is 2.15. The Morgan fingerprint density at radius 2 is 1.88 bits per heavy atom. The molecule has 6 heteroatoms. The van der Waals surface area contributed by atoms with Gasteiger partial charge in [0.25, 0.3) is 0 Å². The number of benzene rings is 2. The zero-order chi connectivity index (χ0) is 18.3. The van der Waals surface area contributed by atoms with Gasteiger partial charge in [0.1, 0.15) is 9.84 Å². The Morgan fingerprint density at radius 3 is 2.56 bits per heavy atom. The number of hydrogen-bond donors (Lipinski definition) is 2. The van der Waals surface area contributed by atoms with Crippen LogP contribution in [0.2, 0.25) is 0 Å². The van der Waals surface area contributed by atoms with Gasteiger partial charge in [0.2, 0.25) is 0 Å². The third-order valence-corrected chi connectivity index (χ3v) is 5.03. The van der Waals surface area contributed by atoms with E-state index in [9.17, 15) is 8.42 Å². The van der Waals surface area contributed by atoms with Crippen molar-refractivity contribution in [1.82, 2.24) is 10.6 Å². The minimum Gasteiger partial charge on any atom is -0.356 e. The van der Waals surface area contributed by atoms with Crippen molar-refractivity contribution in [2.24, 2.45) is 4.99 Å². The molecule has 0 heterocycles. The molecule has 1 atom stereocenters. The average Bonchev–Trinajstić information content (AvgIpc) is 2.58. The van der Waals surface area contributed by atoms with Gasteiger partial charge >= 0.3 is 0 Å². The molecule has 25 heavy (non-hydrogen) atoms. The summed E-state index contributed by atoms with van der Waals surface area (Å²) < 4.78 is 22.5. The summed E-state index contributed by atoms with van der Waals surface area (Å²) in [7, 11) is -1.22. The smallest absolute Gasteiger partial charge is 0.191 e.